The van der Waals surface area contributed by atoms with Crippen molar-refractivity contribution in [2.75, 3.05) is 26.8 Å². The number of aliphatic imine (C=N–C) groups is 1. The fourth-order valence-corrected chi connectivity index (χ4v) is 2.08. The number of aliphatic hydroxyl groups excluding tert-OH is 1. The number of methoxy groups -OCH3 is 1. The zero-order valence-corrected chi connectivity index (χ0v) is 15.1. The first-order valence-corrected chi connectivity index (χ1v) is 8.24. The Balaban J connectivity index is 2.79. The molecule has 0 aromatic heterocycles. The highest BCUT2D eigenvalue weighted by molar-refractivity contribution is 5.79. The van der Waals surface area contributed by atoms with Gasteiger partial charge in [-0.25, -0.2) is 4.99 Å². The maximum Gasteiger partial charge on any atom is 0.191 e. The van der Waals surface area contributed by atoms with E-state index in [-0.39, 0.29) is 12.0 Å². The Morgan fingerprint density at radius 1 is 1.30 bits per heavy atom. The van der Waals surface area contributed by atoms with E-state index in [1.165, 1.54) is 5.56 Å². The molecule has 0 bridgehead atoms. The predicted molar refractivity (Wildman–Crippen MR) is 96.0 cm³/mol. The standard InChI is InChI=1S/C18H31N3O2/c1-6-18(4,13-22)12-21-17(19-7-2)20-11-15-9-8-14(3)10-16(15)23-5/h8-10,22H,6-7,11-13H2,1-5H3,(H2,19,20,21). The van der Waals surface area contributed by atoms with Crippen LogP contribution in [0.15, 0.2) is 23.2 Å². The minimum Gasteiger partial charge on any atom is -0.496 e. The highest BCUT2D eigenvalue weighted by atomic mass is 16.5. The van der Waals surface area contributed by atoms with Crippen LogP contribution in [0.25, 0.3) is 0 Å². The van der Waals surface area contributed by atoms with Crippen molar-refractivity contribution in [1.82, 2.24) is 10.6 Å². The summed E-state index contributed by atoms with van der Waals surface area (Å²) in [5, 5.41) is 16.1. The molecule has 0 fully saturated rings. The average molecular weight is 321 g/mol. The average Bonchev–Trinajstić information content (AvgIpc) is 2.57. The van der Waals surface area contributed by atoms with E-state index in [0.717, 1.165) is 30.2 Å². The van der Waals surface area contributed by atoms with E-state index in [9.17, 15) is 5.11 Å². The minimum atomic E-state index is -0.141. The van der Waals surface area contributed by atoms with Crippen LogP contribution in [0, 0.1) is 12.3 Å². The van der Waals surface area contributed by atoms with Crippen LogP contribution in [-0.4, -0.2) is 37.9 Å². The SMILES string of the molecule is CCNC(=NCc1ccc(C)cc1OC)NCC(C)(CC)CO. The summed E-state index contributed by atoms with van der Waals surface area (Å²) in [5.41, 5.74) is 2.08. The second-order valence-corrected chi connectivity index (χ2v) is 6.19. The van der Waals surface area contributed by atoms with E-state index >= 15 is 0 Å². The van der Waals surface area contributed by atoms with E-state index in [4.69, 9.17) is 4.74 Å². The number of guanidine groups is 1. The molecule has 0 aliphatic carbocycles. The molecule has 5 heteroatoms. The number of hydrogen-bond acceptors (Lipinski definition) is 3. The summed E-state index contributed by atoms with van der Waals surface area (Å²) in [4.78, 5) is 4.63. The first-order chi connectivity index (χ1) is 11.0. The third-order valence-electron chi connectivity index (χ3n) is 4.11. The molecule has 1 unspecified atom stereocenters. The molecule has 0 saturated carbocycles. The third kappa shape index (κ3) is 6.10. The largest absolute Gasteiger partial charge is 0.496 e. The van der Waals surface area contributed by atoms with E-state index in [2.05, 4.69) is 35.5 Å². The number of benzene rings is 1. The van der Waals surface area contributed by atoms with Crippen molar-refractivity contribution in [3.63, 3.8) is 0 Å². The van der Waals surface area contributed by atoms with Crippen molar-refractivity contribution in [2.45, 2.75) is 40.7 Å². The molecular formula is C18H31N3O2. The van der Waals surface area contributed by atoms with Gasteiger partial charge in [0.25, 0.3) is 0 Å². The lowest BCUT2D eigenvalue weighted by Crippen LogP contribution is -2.43. The quantitative estimate of drug-likeness (QED) is 0.508. The Morgan fingerprint density at radius 2 is 2.04 bits per heavy atom. The van der Waals surface area contributed by atoms with Crippen molar-refractivity contribution < 1.29 is 9.84 Å². The number of nitrogens with zero attached hydrogens (tertiary/aromatic N) is 1. The second kappa shape index (κ2) is 9.40. The van der Waals surface area contributed by atoms with Crippen molar-refractivity contribution in [1.29, 1.82) is 0 Å². The van der Waals surface area contributed by atoms with E-state index in [1.807, 2.05) is 26.0 Å². The van der Waals surface area contributed by atoms with Crippen LogP contribution in [0.1, 0.15) is 38.3 Å². The van der Waals surface area contributed by atoms with E-state index < -0.39 is 0 Å². The highest BCUT2D eigenvalue weighted by Gasteiger charge is 2.21. The molecule has 23 heavy (non-hydrogen) atoms. The van der Waals surface area contributed by atoms with Crippen molar-refractivity contribution >= 4 is 5.96 Å². The van der Waals surface area contributed by atoms with Crippen LogP contribution in [-0.2, 0) is 6.54 Å². The second-order valence-electron chi connectivity index (χ2n) is 6.19. The zero-order chi connectivity index (χ0) is 17.3. The molecule has 5 nitrogen and oxygen atoms in total. The first kappa shape index (κ1) is 19.3. The molecule has 0 radical (unpaired) electrons. The molecule has 0 spiro atoms. The van der Waals surface area contributed by atoms with Crippen LogP contribution in [0.4, 0.5) is 0 Å². The van der Waals surface area contributed by atoms with Crippen LogP contribution in [0.3, 0.4) is 0 Å². The van der Waals surface area contributed by atoms with Crippen molar-refractivity contribution in [3.8, 4) is 5.75 Å². The number of nitrogens with one attached hydrogen (secondary N) is 2. The van der Waals surface area contributed by atoms with Gasteiger partial charge in [-0.3, -0.25) is 0 Å². The smallest absolute Gasteiger partial charge is 0.191 e. The highest BCUT2D eigenvalue weighted by Crippen LogP contribution is 2.21. The Kier molecular flexibility index (Phi) is 7.89. The topological polar surface area (TPSA) is 65.9 Å². The van der Waals surface area contributed by atoms with Gasteiger partial charge in [0.1, 0.15) is 5.75 Å². The molecule has 0 aliphatic rings. The summed E-state index contributed by atoms with van der Waals surface area (Å²) in [6, 6.07) is 6.13. The molecule has 3 N–H and O–H groups in total. The molecule has 1 atom stereocenters. The number of ether oxygens (including phenoxy) is 1. The number of rotatable bonds is 8. The van der Waals surface area contributed by atoms with Crippen molar-refractivity contribution in [3.05, 3.63) is 29.3 Å². The van der Waals surface area contributed by atoms with Gasteiger partial charge >= 0.3 is 0 Å². The summed E-state index contributed by atoms with van der Waals surface area (Å²) in [6.07, 6.45) is 0.904. The molecule has 1 aromatic carbocycles. The van der Waals surface area contributed by atoms with Gasteiger partial charge in [-0.1, -0.05) is 26.0 Å². The van der Waals surface area contributed by atoms with Crippen LogP contribution in [0.5, 0.6) is 5.75 Å². The van der Waals surface area contributed by atoms with Gasteiger partial charge in [-0.2, -0.15) is 0 Å². The summed E-state index contributed by atoms with van der Waals surface area (Å²) >= 11 is 0. The first-order valence-electron chi connectivity index (χ1n) is 8.24. The normalized spacial score (nSPS) is 14.3. The lowest BCUT2D eigenvalue weighted by atomic mass is 9.89. The summed E-state index contributed by atoms with van der Waals surface area (Å²) < 4.78 is 5.42. The van der Waals surface area contributed by atoms with Gasteiger partial charge in [0.15, 0.2) is 5.96 Å². The molecule has 130 valence electrons. The lowest BCUT2D eigenvalue weighted by molar-refractivity contribution is 0.140. The Morgan fingerprint density at radius 3 is 2.61 bits per heavy atom. The molecule has 1 rings (SSSR count). The molecule has 0 aliphatic heterocycles. The number of aryl methyl sites for hydroxylation is 1. The van der Waals surface area contributed by atoms with Gasteiger partial charge in [0, 0.05) is 24.1 Å². The Bertz CT molecular complexity index is 511. The van der Waals surface area contributed by atoms with Gasteiger partial charge < -0.3 is 20.5 Å². The fraction of sp³-hybridized carbons (Fsp3) is 0.611. The van der Waals surface area contributed by atoms with Crippen LogP contribution < -0.4 is 15.4 Å². The molecule has 0 saturated heterocycles. The summed E-state index contributed by atoms with van der Waals surface area (Å²) in [6.45, 7) is 10.4. The fourth-order valence-electron chi connectivity index (χ4n) is 2.08. The molecular weight excluding hydrogens is 290 g/mol. The zero-order valence-electron chi connectivity index (χ0n) is 15.1. The summed E-state index contributed by atoms with van der Waals surface area (Å²) in [5.74, 6) is 1.61. The molecule has 1 aromatic rings. The number of aliphatic hydroxyl groups is 1. The molecule has 0 heterocycles. The molecule has 0 amide bonds. The summed E-state index contributed by atoms with van der Waals surface area (Å²) in [7, 11) is 1.68. The monoisotopic (exact) mass is 321 g/mol. The van der Waals surface area contributed by atoms with Gasteiger partial charge in [-0.05, 0) is 31.9 Å². The van der Waals surface area contributed by atoms with Crippen LogP contribution in [0.2, 0.25) is 0 Å². The van der Waals surface area contributed by atoms with E-state index in [0.29, 0.717) is 13.1 Å². The minimum absolute atomic E-state index is 0.141. The Labute approximate surface area is 140 Å². The lowest BCUT2D eigenvalue weighted by Gasteiger charge is -2.26. The van der Waals surface area contributed by atoms with Gasteiger partial charge in [-0.15, -0.1) is 0 Å². The third-order valence-corrected chi connectivity index (χ3v) is 4.11. The van der Waals surface area contributed by atoms with Gasteiger partial charge in [0.05, 0.1) is 20.3 Å². The van der Waals surface area contributed by atoms with E-state index in [1.54, 1.807) is 7.11 Å². The maximum atomic E-state index is 9.51. The maximum absolute atomic E-state index is 9.51. The van der Waals surface area contributed by atoms with Gasteiger partial charge in [0.2, 0.25) is 0 Å². The Hall–Kier alpha value is -1.75. The van der Waals surface area contributed by atoms with Crippen molar-refractivity contribution in [2.24, 2.45) is 10.4 Å². The predicted octanol–water partition coefficient (Wildman–Crippen LogP) is 2.47. The van der Waals surface area contributed by atoms with Crippen LogP contribution >= 0.6 is 0 Å². The number of hydrogen-bond donors (Lipinski definition) is 3.